The molecule has 9 nitrogen and oxygen atoms in total. The van der Waals surface area contributed by atoms with Gasteiger partial charge in [0, 0.05) is 6.42 Å². The predicted octanol–water partition coefficient (Wildman–Crippen LogP) is 1.97. The van der Waals surface area contributed by atoms with Crippen LogP contribution in [-0.4, -0.2) is 55.1 Å². The number of benzene rings is 2. The highest BCUT2D eigenvalue weighted by Gasteiger charge is 2.37. The lowest BCUT2D eigenvalue weighted by Gasteiger charge is -2.35. The second kappa shape index (κ2) is 11.1. The third-order valence-electron chi connectivity index (χ3n) is 5.39. The molecule has 1 heterocycles. The van der Waals surface area contributed by atoms with Crippen molar-refractivity contribution in [3.8, 4) is 0 Å². The summed E-state index contributed by atoms with van der Waals surface area (Å²) in [5.74, 6) is -2.07. The Balaban J connectivity index is 1.79. The van der Waals surface area contributed by atoms with Gasteiger partial charge in [0.15, 0.2) is 0 Å². The van der Waals surface area contributed by atoms with E-state index >= 15 is 0 Å². The lowest BCUT2D eigenvalue weighted by molar-refractivity contribution is -0.151. The van der Waals surface area contributed by atoms with Crippen LogP contribution in [-0.2, 0) is 48.2 Å². The van der Waals surface area contributed by atoms with Gasteiger partial charge in [-0.3, -0.25) is 14.5 Å². The number of methoxy groups -OCH3 is 2. The van der Waals surface area contributed by atoms with Gasteiger partial charge >= 0.3 is 18.0 Å². The van der Waals surface area contributed by atoms with Crippen molar-refractivity contribution >= 4 is 23.9 Å². The van der Waals surface area contributed by atoms with E-state index in [9.17, 15) is 19.2 Å². The monoisotopic (exact) mass is 454 g/mol. The summed E-state index contributed by atoms with van der Waals surface area (Å²) in [4.78, 5) is 51.3. The molecule has 1 N–H and O–H groups in total. The van der Waals surface area contributed by atoms with E-state index in [2.05, 4.69) is 10.1 Å². The number of carbonyl (C=O) groups is 4. The van der Waals surface area contributed by atoms with Gasteiger partial charge in [-0.05, 0) is 16.7 Å². The number of amides is 2. The number of rotatable bonds is 7. The number of hydrogen-bond acceptors (Lipinski definition) is 7. The molecule has 2 aromatic rings. The Morgan fingerprint density at radius 2 is 1.64 bits per heavy atom. The van der Waals surface area contributed by atoms with Crippen LogP contribution in [0.25, 0.3) is 0 Å². The van der Waals surface area contributed by atoms with Gasteiger partial charge in [0.1, 0.15) is 18.7 Å². The summed E-state index contributed by atoms with van der Waals surface area (Å²) in [5, 5.41) is 2.53. The zero-order valence-corrected chi connectivity index (χ0v) is 18.5. The molecule has 0 fully saturated rings. The highest BCUT2D eigenvalue weighted by Crippen LogP contribution is 2.25. The molecule has 2 atom stereocenters. The number of nitrogens with one attached hydrogen (secondary N) is 1. The molecule has 0 bridgehead atoms. The minimum absolute atomic E-state index is 0.0548. The summed E-state index contributed by atoms with van der Waals surface area (Å²) in [6.45, 7) is 0.223. The first-order valence-electron chi connectivity index (χ1n) is 10.4. The zero-order valence-electron chi connectivity index (χ0n) is 18.5. The Morgan fingerprint density at radius 3 is 2.30 bits per heavy atom. The Kier molecular flexibility index (Phi) is 8.01. The van der Waals surface area contributed by atoms with Gasteiger partial charge in [-0.15, -0.1) is 0 Å². The minimum Gasteiger partial charge on any atom is -0.469 e. The maximum Gasteiger partial charge on any atom is 0.411 e. The lowest BCUT2D eigenvalue weighted by Crippen LogP contribution is -2.56. The molecule has 3 rings (SSSR count). The molecule has 9 heteroatoms. The summed E-state index contributed by atoms with van der Waals surface area (Å²) in [6, 6.07) is 14.5. The van der Waals surface area contributed by atoms with Crippen LogP contribution < -0.4 is 5.32 Å². The fourth-order valence-corrected chi connectivity index (χ4v) is 3.60. The van der Waals surface area contributed by atoms with Crippen LogP contribution in [0, 0.1) is 0 Å². The molecule has 0 saturated heterocycles. The Labute approximate surface area is 191 Å². The van der Waals surface area contributed by atoms with Crippen molar-refractivity contribution in [1.82, 2.24) is 10.2 Å². The van der Waals surface area contributed by atoms with Crippen LogP contribution >= 0.6 is 0 Å². The first kappa shape index (κ1) is 23.8. The van der Waals surface area contributed by atoms with Gasteiger partial charge in [-0.25, -0.2) is 9.59 Å². The van der Waals surface area contributed by atoms with E-state index in [0.717, 1.165) is 23.8 Å². The molecule has 2 aromatic carbocycles. The molecule has 2 amide bonds. The number of ether oxygens (including phenoxy) is 3. The van der Waals surface area contributed by atoms with Crippen LogP contribution in [0.5, 0.6) is 0 Å². The highest BCUT2D eigenvalue weighted by atomic mass is 16.6. The lowest BCUT2D eigenvalue weighted by atomic mass is 9.93. The second-order valence-electron chi connectivity index (χ2n) is 7.52. The van der Waals surface area contributed by atoms with E-state index in [1.54, 1.807) is 0 Å². The van der Waals surface area contributed by atoms with E-state index in [-0.39, 0.29) is 19.6 Å². The number of carbonyl (C=O) groups excluding carboxylic acids is 4. The summed E-state index contributed by atoms with van der Waals surface area (Å²) in [7, 11) is 2.34. The number of fused-ring (bicyclic) bond motifs is 1. The molecule has 1 aliphatic rings. The van der Waals surface area contributed by atoms with E-state index < -0.39 is 42.4 Å². The van der Waals surface area contributed by atoms with Crippen molar-refractivity contribution in [2.45, 2.75) is 38.1 Å². The first-order valence-corrected chi connectivity index (χ1v) is 10.4. The first-order chi connectivity index (χ1) is 15.9. The molecule has 0 spiro atoms. The predicted molar refractivity (Wildman–Crippen MR) is 117 cm³/mol. The normalized spacial score (nSPS) is 15.6. The number of hydrogen-bond donors (Lipinski definition) is 1. The van der Waals surface area contributed by atoms with Crippen LogP contribution in [0.3, 0.4) is 0 Å². The summed E-state index contributed by atoms with van der Waals surface area (Å²) in [5.41, 5.74) is 2.62. The fraction of sp³-hybridized carbons (Fsp3) is 0.333. The van der Waals surface area contributed by atoms with Crippen LogP contribution in [0.1, 0.15) is 23.1 Å². The van der Waals surface area contributed by atoms with Gasteiger partial charge < -0.3 is 19.5 Å². The summed E-state index contributed by atoms with van der Waals surface area (Å²) in [6.07, 6.45) is -0.818. The molecule has 0 saturated carbocycles. The average molecular weight is 454 g/mol. The Bertz CT molecular complexity index is 1010. The molecule has 0 aromatic heterocycles. The van der Waals surface area contributed by atoms with Crippen molar-refractivity contribution in [2.24, 2.45) is 0 Å². The molecular formula is C24H26N2O7. The summed E-state index contributed by atoms with van der Waals surface area (Å²) >= 11 is 0. The standard InChI is InChI=1S/C24H26N2O7/c1-31-21(27)13-19(23(29)32-2)25-22(28)20-12-17-10-6-7-11-18(17)14-26(20)24(30)33-15-16-8-4-3-5-9-16/h3-11,19-20H,12-15H2,1-2H3,(H,25,28)/t19-,20+/m1/s1. The van der Waals surface area contributed by atoms with E-state index in [1.165, 1.54) is 12.0 Å². The van der Waals surface area contributed by atoms with Crippen molar-refractivity contribution in [3.63, 3.8) is 0 Å². The highest BCUT2D eigenvalue weighted by molar-refractivity contribution is 5.92. The number of nitrogens with zero attached hydrogens (tertiary/aromatic N) is 1. The topological polar surface area (TPSA) is 111 Å². The van der Waals surface area contributed by atoms with E-state index in [0.29, 0.717) is 0 Å². The maximum absolute atomic E-state index is 13.2. The third kappa shape index (κ3) is 6.09. The molecule has 1 aliphatic heterocycles. The zero-order chi connectivity index (χ0) is 23.8. The maximum atomic E-state index is 13.2. The van der Waals surface area contributed by atoms with Gasteiger partial charge in [-0.1, -0.05) is 54.6 Å². The van der Waals surface area contributed by atoms with Crippen molar-refractivity contribution in [3.05, 3.63) is 71.3 Å². The summed E-state index contributed by atoms with van der Waals surface area (Å²) < 4.78 is 14.8. The SMILES string of the molecule is COC(=O)C[C@@H](NC(=O)[C@@H]1Cc2ccccc2CN1C(=O)OCc1ccccc1)C(=O)OC. The minimum atomic E-state index is -1.24. The van der Waals surface area contributed by atoms with Crippen molar-refractivity contribution in [1.29, 1.82) is 0 Å². The number of esters is 2. The van der Waals surface area contributed by atoms with Gasteiger partial charge in [0.2, 0.25) is 5.91 Å². The smallest absolute Gasteiger partial charge is 0.411 e. The fourth-order valence-electron chi connectivity index (χ4n) is 3.60. The quantitative estimate of drug-likeness (QED) is 0.503. The van der Waals surface area contributed by atoms with Crippen LogP contribution in [0.4, 0.5) is 4.79 Å². The van der Waals surface area contributed by atoms with Crippen molar-refractivity contribution in [2.75, 3.05) is 14.2 Å². The van der Waals surface area contributed by atoms with Gasteiger partial charge in [0.05, 0.1) is 27.2 Å². The van der Waals surface area contributed by atoms with Crippen molar-refractivity contribution < 1.29 is 33.4 Å². The Hall–Kier alpha value is -3.88. The van der Waals surface area contributed by atoms with E-state index in [1.807, 2.05) is 54.6 Å². The largest absolute Gasteiger partial charge is 0.469 e. The van der Waals surface area contributed by atoms with E-state index in [4.69, 9.17) is 9.47 Å². The molecular weight excluding hydrogens is 428 g/mol. The molecule has 33 heavy (non-hydrogen) atoms. The molecule has 0 radical (unpaired) electrons. The molecule has 0 aliphatic carbocycles. The van der Waals surface area contributed by atoms with Gasteiger partial charge in [-0.2, -0.15) is 0 Å². The van der Waals surface area contributed by atoms with Crippen LogP contribution in [0.15, 0.2) is 54.6 Å². The van der Waals surface area contributed by atoms with Crippen LogP contribution in [0.2, 0.25) is 0 Å². The van der Waals surface area contributed by atoms with Gasteiger partial charge in [0.25, 0.3) is 0 Å². The second-order valence-corrected chi connectivity index (χ2v) is 7.52. The molecule has 0 unspecified atom stereocenters. The Morgan fingerprint density at radius 1 is 0.970 bits per heavy atom. The molecule has 174 valence electrons. The average Bonchev–Trinajstić information content (AvgIpc) is 2.85. The third-order valence-corrected chi connectivity index (χ3v) is 5.39.